The van der Waals surface area contributed by atoms with Crippen LogP contribution in [0.15, 0.2) is 24.3 Å². The molecule has 2 atom stereocenters. The molecule has 0 saturated carbocycles. The normalized spacial score (nSPS) is 23.6. The quantitative estimate of drug-likeness (QED) is 0.886. The van der Waals surface area contributed by atoms with Crippen molar-refractivity contribution in [3.05, 3.63) is 29.8 Å². The van der Waals surface area contributed by atoms with Gasteiger partial charge in [-0.2, -0.15) is 0 Å². The molecule has 0 unspecified atom stereocenters. The monoisotopic (exact) mass is 263 g/mol. The van der Waals surface area contributed by atoms with Crippen molar-refractivity contribution in [2.24, 2.45) is 5.92 Å². The summed E-state index contributed by atoms with van der Waals surface area (Å²) < 4.78 is 10.8. The zero-order valence-electron chi connectivity index (χ0n) is 12.2. The van der Waals surface area contributed by atoms with Crippen LogP contribution in [-0.2, 0) is 11.2 Å². The molecule has 0 aliphatic carbocycles. The van der Waals surface area contributed by atoms with Crippen LogP contribution in [0, 0.1) is 5.92 Å². The van der Waals surface area contributed by atoms with Crippen LogP contribution in [0.2, 0.25) is 0 Å². The van der Waals surface area contributed by atoms with Gasteiger partial charge >= 0.3 is 0 Å². The van der Waals surface area contributed by atoms with Gasteiger partial charge < -0.3 is 14.8 Å². The van der Waals surface area contributed by atoms with Crippen molar-refractivity contribution in [1.29, 1.82) is 0 Å². The van der Waals surface area contributed by atoms with E-state index in [-0.39, 0.29) is 0 Å². The Hall–Kier alpha value is -1.06. The molecule has 0 radical (unpaired) electrons. The SMILES string of the molecule is COc1ccc(C[C@H]2COCC[C@@H]2NC(C)C)cc1. The van der Waals surface area contributed by atoms with Gasteiger partial charge in [0.05, 0.1) is 13.7 Å². The first-order valence-electron chi connectivity index (χ1n) is 7.15. The molecule has 1 aromatic rings. The maximum Gasteiger partial charge on any atom is 0.118 e. The van der Waals surface area contributed by atoms with Gasteiger partial charge in [0.25, 0.3) is 0 Å². The highest BCUT2D eigenvalue weighted by Crippen LogP contribution is 2.21. The Labute approximate surface area is 116 Å². The lowest BCUT2D eigenvalue weighted by atomic mass is 9.89. The lowest BCUT2D eigenvalue weighted by Crippen LogP contribution is -2.46. The lowest BCUT2D eigenvalue weighted by molar-refractivity contribution is 0.0300. The number of methoxy groups -OCH3 is 1. The molecule has 1 heterocycles. The first kappa shape index (κ1) is 14.4. The second-order valence-electron chi connectivity index (χ2n) is 5.60. The summed E-state index contributed by atoms with van der Waals surface area (Å²) in [7, 11) is 1.70. The summed E-state index contributed by atoms with van der Waals surface area (Å²) in [6.45, 7) is 6.15. The Morgan fingerprint density at radius 1 is 1.32 bits per heavy atom. The topological polar surface area (TPSA) is 30.5 Å². The van der Waals surface area contributed by atoms with Gasteiger partial charge in [-0.05, 0) is 30.5 Å². The van der Waals surface area contributed by atoms with E-state index in [0.29, 0.717) is 18.0 Å². The van der Waals surface area contributed by atoms with Gasteiger partial charge in [0.1, 0.15) is 5.75 Å². The number of nitrogens with one attached hydrogen (secondary N) is 1. The summed E-state index contributed by atoms with van der Waals surface area (Å²) in [5.41, 5.74) is 1.35. The Morgan fingerprint density at radius 2 is 2.05 bits per heavy atom. The van der Waals surface area contributed by atoms with Crippen LogP contribution in [0.1, 0.15) is 25.8 Å². The second kappa shape index (κ2) is 6.92. The highest BCUT2D eigenvalue weighted by atomic mass is 16.5. The van der Waals surface area contributed by atoms with E-state index in [1.807, 2.05) is 12.1 Å². The molecule has 1 N–H and O–H groups in total. The molecule has 1 aliphatic rings. The summed E-state index contributed by atoms with van der Waals surface area (Å²) in [6.07, 6.45) is 2.17. The summed E-state index contributed by atoms with van der Waals surface area (Å²) >= 11 is 0. The minimum atomic E-state index is 0.529. The molecule has 2 rings (SSSR count). The van der Waals surface area contributed by atoms with Crippen molar-refractivity contribution < 1.29 is 9.47 Å². The van der Waals surface area contributed by atoms with Crippen LogP contribution >= 0.6 is 0 Å². The summed E-state index contributed by atoms with van der Waals surface area (Å²) in [5, 5.41) is 3.67. The largest absolute Gasteiger partial charge is 0.497 e. The minimum Gasteiger partial charge on any atom is -0.497 e. The first-order chi connectivity index (χ1) is 9.19. The molecule has 0 amide bonds. The lowest BCUT2D eigenvalue weighted by Gasteiger charge is -2.33. The van der Waals surface area contributed by atoms with Gasteiger partial charge in [-0.15, -0.1) is 0 Å². The van der Waals surface area contributed by atoms with E-state index < -0.39 is 0 Å². The molecule has 1 fully saturated rings. The van der Waals surface area contributed by atoms with E-state index >= 15 is 0 Å². The van der Waals surface area contributed by atoms with Crippen molar-refractivity contribution in [2.75, 3.05) is 20.3 Å². The number of ether oxygens (including phenoxy) is 2. The van der Waals surface area contributed by atoms with Gasteiger partial charge in [0, 0.05) is 24.6 Å². The van der Waals surface area contributed by atoms with Crippen LogP contribution in [0.3, 0.4) is 0 Å². The highest BCUT2D eigenvalue weighted by molar-refractivity contribution is 5.27. The smallest absolute Gasteiger partial charge is 0.118 e. The zero-order chi connectivity index (χ0) is 13.7. The van der Waals surface area contributed by atoms with Gasteiger partial charge in [-0.1, -0.05) is 26.0 Å². The second-order valence-corrected chi connectivity index (χ2v) is 5.60. The third kappa shape index (κ3) is 4.22. The predicted octanol–water partition coefficient (Wildman–Crippen LogP) is 2.64. The fourth-order valence-electron chi connectivity index (χ4n) is 2.71. The maximum absolute atomic E-state index is 5.65. The number of rotatable bonds is 5. The third-order valence-corrected chi connectivity index (χ3v) is 3.68. The molecule has 0 spiro atoms. The van der Waals surface area contributed by atoms with Gasteiger partial charge in [0.2, 0.25) is 0 Å². The van der Waals surface area contributed by atoms with Crippen molar-refractivity contribution in [1.82, 2.24) is 5.32 Å². The summed E-state index contributed by atoms with van der Waals surface area (Å²) in [4.78, 5) is 0. The number of hydrogen-bond donors (Lipinski definition) is 1. The molecule has 106 valence electrons. The van der Waals surface area contributed by atoms with Gasteiger partial charge in [-0.3, -0.25) is 0 Å². The Kier molecular flexibility index (Phi) is 5.23. The minimum absolute atomic E-state index is 0.529. The molecule has 0 bridgehead atoms. The van der Waals surface area contributed by atoms with Crippen molar-refractivity contribution in [2.45, 2.75) is 38.8 Å². The Bertz CT molecular complexity index is 375. The third-order valence-electron chi connectivity index (χ3n) is 3.68. The fourth-order valence-corrected chi connectivity index (χ4v) is 2.71. The van der Waals surface area contributed by atoms with Gasteiger partial charge in [-0.25, -0.2) is 0 Å². The van der Waals surface area contributed by atoms with E-state index in [0.717, 1.165) is 31.8 Å². The molecule has 0 aromatic heterocycles. The molecule has 1 aromatic carbocycles. The molecular formula is C16H25NO2. The average Bonchev–Trinajstić information content (AvgIpc) is 2.41. The van der Waals surface area contributed by atoms with E-state index in [9.17, 15) is 0 Å². The Morgan fingerprint density at radius 3 is 2.68 bits per heavy atom. The van der Waals surface area contributed by atoms with E-state index in [1.165, 1.54) is 5.56 Å². The van der Waals surface area contributed by atoms with Crippen molar-refractivity contribution >= 4 is 0 Å². The molecular weight excluding hydrogens is 238 g/mol. The van der Waals surface area contributed by atoms with Crippen LogP contribution in [0.4, 0.5) is 0 Å². The molecule has 3 heteroatoms. The molecule has 3 nitrogen and oxygen atoms in total. The zero-order valence-corrected chi connectivity index (χ0v) is 12.2. The Balaban J connectivity index is 1.97. The number of hydrogen-bond acceptors (Lipinski definition) is 3. The van der Waals surface area contributed by atoms with E-state index in [1.54, 1.807) is 7.11 Å². The van der Waals surface area contributed by atoms with Crippen LogP contribution in [0.5, 0.6) is 5.75 Å². The first-order valence-corrected chi connectivity index (χ1v) is 7.15. The van der Waals surface area contributed by atoms with Gasteiger partial charge in [0.15, 0.2) is 0 Å². The number of benzene rings is 1. The fraction of sp³-hybridized carbons (Fsp3) is 0.625. The van der Waals surface area contributed by atoms with Crippen LogP contribution < -0.4 is 10.1 Å². The van der Waals surface area contributed by atoms with E-state index in [4.69, 9.17) is 9.47 Å². The van der Waals surface area contributed by atoms with Crippen LogP contribution in [0.25, 0.3) is 0 Å². The summed E-state index contributed by atoms with van der Waals surface area (Å²) in [5.74, 6) is 1.48. The summed E-state index contributed by atoms with van der Waals surface area (Å²) in [6, 6.07) is 9.46. The highest BCUT2D eigenvalue weighted by Gasteiger charge is 2.26. The molecule has 1 aliphatic heterocycles. The maximum atomic E-state index is 5.65. The molecule has 1 saturated heterocycles. The van der Waals surface area contributed by atoms with E-state index in [2.05, 4.69) is 31.3 Å². The average molecular weight is 263 g/mol. The standard InChI is InChI=1S/C16H25NO2/c1-12(2)17-16-8-9-19-11-14(16)10-13-4-6-15(18-3)7-5-13/h4-7,12,14,16-17H,8-11H2,1-3H3/t14-,16-/m0/s1. The van der Waals surface area contributed by atoms with Crippen molar-refractivity contribution in [3.63, 3.8) is 0 Å². The van der Waals surface area contributed by atoms with Crippen LogP contribution in [-0.4, -0.2) is 32.4 Å². The molecule has 19 heavy (non-hydrogen) atoms. The van der Waals surface area contributed by atoms with Crippen molar-refractivity contribution in [3.8, 4) is 5.75 Å². The predicted molar refractivity (Wildman–Crippen MR) is 77.7 cm³/mol.